The normalized spacial score (nSPS) is 22.5. The summed E-state index contributed by atoms with van der Waals surface area (Å²) in [5, 5.41) is 0.926. The Kier molecular flexibility index (Phi) is 4.29. The molecule has 1 aliphatic rings. The molecule has 0 aliphatic carbocycles. The molecule has 0 saturated carbocycles. The highest BCUT2D eigenvalue weighted by molar-refractivity contribution is 7.92. The van der Waals surface area contributed by atoms with Gasteiger partial charge in [0.15, 0.2) is 0 Å². The highest BCUT2D eigenvalue weighted by Gasteiger charge is 2.37. The number of rotatable bonds is 4. The molecular weight excluding hydrogens is 282 g/mol. The van der Waals surface area contributed by atoms with Crippen LogP contribution in [0.5, 0.6) is 0 Å². The van der Waals surface area contributed by atoms with E-state index in [1.165, 1.54) is 11.3 Å². The summed E-state index contributed by atoms with van der Waals surface area (Å²) in [6.07, 6.45) is 0.945. The van der Waals surface area contributed by atoms with Gasteiger partial charge in [0.2, 0.25) is 9.84 Å². The maximum absolute atomic E-state index is 12.5. The summed E-state index contributed by atoms with van der Waals surface area (Å²) >= 11 is 1.46. The van der Waals surface area contributed by atoms with Gasteiger partial charge < -0.3 is 0 Å². The molecule has 0 aromatic carbocycles. The smallest absolute Gasteiger partial charge is 0.296 e. The van der Waals surface area contributed by atoms with Crippen molar-refractivity contribution in [1.29, 1.82) is 0 Å². The fourth-order valence-electron chi connectivity index (χ4n) is 2.12. The predicted molar refractivity (Wildman–Crippen MR) is 65.3 cm³/mol. The van der Waals surface area contributed by atoms with Gasteiger partial charge in [0.05, 0.1) is 16.5 Å². The van der Waals surface area contributed by atoms with Gasteiger partial charge in [-0.05, 0) is 19.4 Å². The van der Waals surface area contributed by atoms with Crippen LogP contribution >= 0.6 is 11.3 Å². The quantitative estimate of drug-likeness (QED) is 0.849. The SMILES string of the molecule is O=S(=O)(C(F)F)C1CCCN(Cc2cscn2)C1. The van der Waals surface area contributed by atoms with Gasteiger partial charge in [0, 0.05) is 18.5 Å². The van der Waals surface area contributed by atoms with Crippen LogP contribution < -0.4 is 0 Å². The van der Waals surface area contributed by atoms with Gasteiger partial charge in [-0.3, -0.25) is 4.90 Å². The van der Waals surface area contributed by atoms with Crippen LogP contribution in [-0.2, 0) is 16.4 Å². The molecular formula is C10H14F2N2O2S2. The van der Waals surface area contributed by atoms with Crippen LogP contribution in [0.4, 0.5) is 8.78 Å². The molecule has 1 aromatic heterocycles. The Morgan fingerprint density at radius 1 is 1.56 bits per heavy atom. The van der Waals surface area contributed by atoms with E-state index in [2.05, 4.69) is 4.98 Å². The van der Waals surface area contributed by atoms with Gasteiger partial charge in [0.25, 0.3) is 0 Å². The molecule has 0 radical (unpaired) electrons. The summed E-state index contributed by atoms with van der Waals surface area (Å²) in [5.74, 6) is -3.28. The van der Waals surface area contributed by atoms with Crippen molar-refractivity contribution in [2.24, 2.45) is 0 Å². The van der Waals surface area contributed by atoms with Gasteiger partial charge in [0.1, 0.15) is 0 Å². The molecule has 1 aliphatic heterocycles. The van der Waals surface area contributed by atoms with Crippen molar-refractivity contribution in [2.75, 3.05) is 13.1 Å². The standard InChI is InChI=1S/C10H14F2N2O2S2/c11-10(12)18(15,16)9-2-1-3-14(5-9)4-8-6-17-7-13-8/h6-7,9-10H,1-5H2. The number of thiazole rings is 1. The van der Waals surface area contributed by atoms with E-state index in [1.54, 1.807) is 5.51 Å². The molecule has 1 atom stereocenters. The minimum absolute atomic E-state index is 0.171. The Labute approximate surface area is 109 Å². The molecule has 4 nitrogen and oxygen atoms in total. The topological polar surface area (TPSA) is 50.3 Å². The second kappa shape index (κ2) is 5.58. The lowest BCUT2D eigenvalue weighted by Gasteiger charge is -2.31. The Bertz CT molecular complexity index is 476. The van der Waals surface area contributed by atoms with Crippen LogP contribution in [0.1, 0.15) is 18.5 Å². The predicted octanol–water partition coefficient (Wildman–Crippen LogP) is 1.74. The lowest BCUT2D eigenvalue weighted by Crippen LogP contribution is -2.43. The van der Waals surface area contributed by atoms with Crippen LogP contribution in [-0.4, -0.2) is 42.4 Å². The van der Waals surface area contributed by atoms with Crippen LogP contribution in [0.3, 0.4) is 0 Å². The van der Waals surface area contributed by atoms with E-state index in [1.807, 2.05) is 10.3 Å². The molecule has 0 N–H and O–H groups in total. The average molecular weight is 296 g/mol. The number of aromatic nitrogens is 1. The zero-order chi connectivity index (χ0) is 13.2. The summed E-state index contributed by atoms with van der Waals surface area (Å²) in [7, 11) is -4.30. The number of hydrogen-bond acceptors (Lipinski definition) is 5. The number of nitrogens with zero attached hydrogens (tertiary/aromatic N) is 2. The lowest BCUT2D eigenvalue weighted by atomic mass is 10.1. The molecule has 0 amide bonds. The zero-order valence-corrected chi connectivity index (χ0v) is 11.3. The van der Waals surface area contributed by atoms with E-state index in [0.29, 0.717) is 19.4 Å². The zero-order valence-electron chi connectivity index (χ0n) is 9.63. The Morgan fingerprint density at radius 3 is 2.94 bits per heavy atom. The molecule has 1 aromatic rings. The summed E-state index contributed by atoms with van der Waals surface area (Å²) < 4.78 is 47.9. The van der Waals surface area contributed by atoms with E-state index in [0.717, 1.165) is 12.2 Å². The van der Waals surface area contributed by atoms with Crippen molar-refractivity contribution in [1.82, 2.24) is 9.88 Å². The van der Waals surface area contributed by atoms with E-state index < -0.39 is 20.8 Å². The van der Waals surface area contributed by atoms with Crippen molar-refractivity contribution in [3.63, 3.8) is 0 Å². The van der Waals surface area contributed by atoms with E-state index in [4.69, 9.17) is 0 Å². The summed E-state index contributed by atoms with van der Waals surface area (Å²) in [6.45, 7) is 1.43. The fraction of sp³-hybridized carbons (Fsp3) is 0.700. The lowest BCUT2D eigenvalue weighted by molar-refractivity contribution is 0.203. The highest BCUT2D eigenvalue weighted by Crippen LogP contribution is 2.23. The van der Waals surface area contributed by atoms with Crippen molar-refractivity contribution >= 4 is 21.2 Å². The highest BCUT2D eigenvalue weighted by atomic mass is 32.2. The Hall–Kier alpha value is -0.600. The van der Waals surface area contributed by atoms with E-state index in [-0.39, 0.29) is 6.54 Å². The second-order valence-electron chi connectivity index (χ2n) is 4.33. The Morgan fingerprint density at radius 2 is 2.33 bits per heavy atom. The molecule has 8 heteroatoms. The molecule has 18 heavy (non-hydrogen) atoms. The molecule has 0 bridgehead atoms. The molecule has 1 unspecified atom stereocenters. The van der Waals surface area contributed by atoms with Crippen molar-refractivity contribution in [2.45, 2.75) is 30.4 Å². The van der Waals surface area contributed by atoms with Gasteiger partial charge in [-0.15, -0.1) is 11.3 Å². The largest absolute Gasteiger partial charge is 0.337 e. The summed E-state index contributed by atoms with van der Waals surface area (Å²) in [4.78, 5) is 5.99. The third-order valence-electron chi connectivity index (χ3n) is 3.04. The fourth-order valence-corrected chi connectivity index (χ4v) is 3.87. The Balaban J connectivity index is 2.01. The molecule has 2 heterocycles. The van der Waals surface area contributed by atoms with E-state index >= 15 is 0 Å². The third kappa shape index (κ3) is 3.04. The van der Waals surface area contributed by atoms with Crippen LogP contribution in [0.2, 0.25) is 0 Å². The van der Waals surface area contributed by atoms with Gasteiger partial charge in [-0.2, -0.15) is 8.78 Å². The number of likely N-dealkylation sites (tertiary alicyclic amines) is 1. The summed E-state index contributed by atoms with van der Waals surface area (Å²) in [5.41, 5.74) is 2.56. The first kappa shape index (κ1) is 13.8. The number of hydrogen-bond donors (Lipinski definition) is 0. The molecule has 2 rings (SSSR count). The van der Waals surface area contributed by atoms with Crippen LogP contribution in [0, 0.1) is 0 Å². The molecule has 1 saturated heterocycles. The average Bonchev–Trinajstić information content (AvgIpc) is 2.82. The van der Waals surface area contributed by atoms with Gasteiger partial charge in [-0.1, -0.05) is 0 Å². The van der Waals surface area contributed by atoms with Crippen molar-refractivity contribution < 1.29 is 17.2 Å². The van der Waals surface area contributed by atoms with Crippen LogP contribution in [0.25, 0.3) is 0 Å². The maximum Gasteiger partial charge on any atom is 0.337 e. The van der Waals surface area contributed by atoms with E-state index in [9.17, 15) is 17.2 Å². The number of sulfone groups is 1. The van der Waals surface area contributed by atoms with Gasteiger partial charge >= 0.3 is 5.76 Å². The number of alkyl halides is 2. The third-order valence-corrected chi connectivity index (χ3v) is 5.49. The van der Waals surface area contributed by atoms with Crippen LogP contribution in [0.15, 0.2) is 10.9 Å². The number of halogens is 2. The summed E-state index contributed by atoms with van der Waals surface area (Å²) in [6, 6.07) is 0. The molecule has 102 valence electrons. The van der Waals surface area contributed by atoms with Gasteiger partial charge in [-0.25, -0.2) is 13.4 Å². The molecule has 1 fully saturated rings. The molecule has 0 spiro atoms. The minimum Gasteiger partial charge on any atom is -0.296 e. The first-order chi connectivity index (χ1) is 8.50. The first-order valence-electron chi connectivity index (χ1n) is 5.60. The van der Waals surface area contributed by atoms with Crippen molar-refractivity contribution in [3.8, 4) is 0 Å². The first-order valence-corrected chi connectivity index (χ1v) is 8.15. The second-order valence-corrected chi connectivity index (χ2v) is 7.25. The van der Waals surface area contributed by atoms with Crippen molar-refractivity contribution in [3.05, 3.63) is 16.6 Å². The monoisotopic (exact) mass is 296 g/mol. The maximum atomic E-state index is 12.5. The number of piperidine rings is 1. The minimum atomic E-state index is -4.30.